The van der Waals surface area contributed by atoms with Crippen molar-refractivity contribution < 1.29 is 9.59 Å². The first-order valence-corrected chi connectivity index (χ1v) is 6.25. The van der Waals surface area contributed by atoms with Gasteiger partial charge in [-0.1, -0.05) is 42.2 Å². The van der Waals surface area contributed by atoms with Crippen LogP contribution in [0.5, 0.6) is 0 Å². The molecule has 2 amide bonds. The lowest BCUT2D eigenvalue weighted by Gasteiger charge is -2.15. The molecule has 1 aliphatic heterocycles. The SMILES string of the molecule is CC(=O)NC1SC(=S)N(c2ccccc2)C1=O. The molecule has 0 bridgehead atoms. The molecule has 6 heteroatoms. The lowest BCUT2D eigenvalue weighted by Crippen LogP contribution is -2.40. The maximum atomic E-state index is 12.1. The van der Waals surface area contributed by atoms with Crippen molar-refractivity contribution in [2.75, 3.05) is 4.90 Å². The first kappa shape index (κ1) is 12.1. The number of thiocarbonyl (C=S) groups is 1. The van der Waals surface area contributed by atoms with Crippen LogP contribution in [0, 0.1) is 0 Å². The van der Waals surface area contributed by atoms with Crippen LogP contribution in [0.1, 0.15) is 6.92 Å². The number of nitrogens with zero attached hydrogens (tertiary/aromatic N) is 1. The Morgan fingerprint density at radius 1 is 1.41 bits per heavy atom. The Labute approximate surface area is 108 Å². The van der Waals surface area contributed by atoms with Gasteiger partial charge in [0.2, 0.25) is 5.91 Å². The average molecular weight is 266 g/mol. The number of carbonyl (C=O) groups is 2. The quantitative estimate of drug-likeness (QED) is 0.824. The van der Waals surface area contributed by atoms with E-state index >= 15 is 0 Å². The maximum Gasteiger partial charge on any atom is 0.266 e. The lowest BCUT2D eigenvalue weighted by atomic mass is 10.3. The van der Waals surface area contributed by atoms with Crippen molar-refractivity contribution in [3.05, 3.63) is 30.3 Å². The van der Waals surface area contributed by atoms with E-state index in [1.807, 2.05) is 18.2 Å². The van der Waals surface area contributed by atoms with Crippen LogP contribution in [0.3, 0.4) is 0 Å². The number of amides is 2. The number of para-hydroxylation sites is 1. The first-order valence-electron chi connectivity index (χ1n) is 4.96. The van der Waals surface area contributed by atoms with Gasteiger partial charge in [0, 0.05) is 6.92 Å². The monoisotopic (exact) mass is 266 g/mol. The van der Waals surface area contributed by atoms with Gasteiger partial charge in [0.15, 0.2) is 5.37 Å². The van der Waals surface area contributed by atoms with Gasteiger partial charge in [0.25, 0.3) is 5.91 Å². The van der Waals surface area contributed by atoms with Crippen molar-refractivity contribution in [1.82, 2.24) is 5.32 Å². The number of rotatable bonds is 2. The zero-order valence-electron chi connectivity index (χ0n) is 9.04. The average Bonchev–Trinajstić information content (AvgIpc) is 2.54. The highest BCUT2D eigenvalue weighted by Gasteiger charge is 2.38. The van der Waals surface area contributed by atoms with E-state index in [0.29, 0.717) is 4.32 Å². The molecule has 17 heavy (non-hydrogen) atoms. The highest BCUT2D eigenvalue weighted by Crippen LogP contribution is 2.30. The Hall–Kier alpha value is -1.40. The second kappa shape index (κ2) is 4.85. The van der Waals surface area contributed by atoms with Gasteiger partial charge < -0.3 is 5.32 Å². The molecule has 4 nitrogen and oxygen atoms in total. The van der Waals surface area contributed by atoms with E-state index in [9.17, 15) is 9.59 Å². The van der Waals surface area contributed by atoms with Crippen LogP contribution in [0.4, 0.5) is 5.69 Å². The molecule has 0 aliphatic carbocycles. The highest BCUT2D eigenvalue weighted by atomic mass is 32.2. The standard InChI is InChI=1S/C11H10N2O2S2/c1-7(14)12-9-10(15)13(11(16)17-9)8-5-3-2-4-6-8/h2-6,9H,1H3,(H,12,14). The fraction of sp³-hybridized carbons (Fsp3) is 0.182. The summed E-state index contributed by atoms with van der Waals surface area (Å²) < 4.78 is 0.458. The van der Waals surface area contributed by atoms with E-state index < -0.39 is 5.37 Å². The summed E-state index contributed by atoms with van der Waals surface area (Å²) in [6.45, 7) is 1.38. The third kappa shape index (κ3) is 2.48. The fourth-order valence-corrected chi connectivity index (χ4v) is 2.91. The molecule has 1 aromatic rings. The second-order valence-electron chi connectivity index (χ2n) is 3.47. The summed E-state index contributed by atoms with van der Waals surface area (Å²) in [7, 11) is 0. The summed E-state index contributed by atoms with van der Waals surface area (Å²) in [4.78, 5) is 24.5. The number of benzene rings is 1. The Balaban J connectivity index is 2.23. The van der Waals surface area contributed by atoms with Crippen molar-refractivity contribution in [2.24, 2.45) is 0 Å². The fourth-order valence-electron chi connectivity index (χ4n) is 1.50. The minimum absolute atomic E-state index is 0.207. The third-order valence-electron chi connectivity index (χ3n) is 2.19. The van der Waals surface area contributed by atoms with Crippen LogP contribution in [-0.2, 0) is 9.59 Å². The molecule has 1 N–H and O–H groups in total. The summed E-state index contributed by atoms with van der Waals surface area (Å²) >= 11 is 6.33. The number of thioether (sulfide) groups is 1. The summed E-state index contributed by atoms with van der Waals surface area (Å²) in [5.74, 6) is -0.449. The van der Waals surface area contributed by atoms with E-state index in [2.05, 4.69) is 5.32 Å². The third-order valence-corrected chi connectivity index (χ3v) is 3.61. The molecule has 0 radical (unpaired) electrons. The summed E-state index contributed by atoms with van der Waals surface area (Å²) in [5.41, 5.74) is 0.725. The minimum Gasteiger partial charge on any atom is -0.336 e. The van der Waals surface area contributed by atoms with E-state index in [-0.39, 0.29) is 11.8 Å². The molecule has 1 saturated heterocycles. The normalized spacial score (nSPS) is 19.6. The number of carbonyl (C=O) groups excluding carboxylic acids is 2. The molecule has 1 heterocycles. The molecular weight excluding hydrogens is 256 g/mol. The van der Waals surface area contributed by atoms with Gasteiger partial charge in [-0.3, -0.25) is 14.5 Å². The molecule has 1 aliphatic rings. The molecule has 0 spiro atoms. The van der Waals surface area contributed by atoms with Gasteiger partial charge in [0.1, 0.15) is 4.32 Å². The molecule has 1 atom stereocenters. The molecule has 88 valence electrons. The van der Waals surface area contributed by atoms with Crippen molar-refractivity contribution in [3.8, 4) is 0 Å². The number of anilines is 1. The van der Waals surface area contributed by atoms with Crippen molar-refractivity contribution in [3.63, 3.8) is 0 Å². The van der Waals surface area contributed by atoms with Crippen LogP contribution < -0.4 is 10.2 Å². The van der Waals surface area contributed by atoms with Crippen LogP contribution in [-0.4, -0.2) is 21.5 Å². The van der Waals surface area contributed by atoms with Crippen LogP contribution in [0.2, 0.25) is 0 Å². The summed E-state index contributed by atoms with van der Waals surface area (Å²) in [6, 6.07) is 9.15. The largest absolute Gasteiger partial charge is 0.336 e. The summed E-state index contributed by atoms with van der Waals surface area (Å²) in [6.07, 6.45) is 0. The van der Waals surface area contributed by atoms with Crippen molar-refractivity contribution in [2.45, 2.75) is 12.3 Å². The Morgan fingerprint density at radius 3 is 2.65 bits per heavy atom. The molecule has 2 rings (SSSR count). The zero-order chi connectivity index (χ0) is 12.4. The topological polar surface area (TPSA) is 49.4 Å². The zero-order valence-corrected chi connectivity index (χ0v) is 10.7. The van der Waals surface area contributed by atoms with Crippen LogP contribution in [0.15, 0.2) is 30.3 Å². The predicted molar refractivity (Wildman–Crippen MR) is 71.7 cm³/mol. The smallest absolute Gasteiger partial charge is 0.266 e. The van der Waals surface area contributed by atoms with E-state index in [0.717, 1.165) is 5.69 Å². The molecule has 1 aromatic carbocycles. The Bertz CT molecular complexity index is 476. The van der Waals surface area contributed by atoms with Gasteiger partial charge >= 0.3 is 0 Å². The number of nitrogens with one attached hydrogen (secondary N) is 1. The molecule has 1 fully saturated rings. The Morgan fingerprint density at radius 2 is 2.06 bits per heavy atom. The summed E-state index contributed by atoms with van der Waals surface area (Å²) in [5, 5.41) is 1.96. The maximum absolute atomic E-state index is 12.1. The second-order valence-corrected chi connectivity index (χ2v) is 5.21. The van der Waals surface area contributed by atoms with Gasteiger partial charge in [-0.2, -0.15) is 0 Å². The van der Waals surface area contributed by atoms with E-state index in [1.165, 1.54) is 23.6 Å². The molecule has 0 aromatic heterocycles. The van der Waals surface area contributed by atoms with E-state index in [1.54, 1.807) is 12.1 Å². The van der Waals surface area contributed by atoms with Crippen molar-refractivity contribution in [1.29, 1.82) is 0 Å². The minimum atomic E-state index is -0.611. The van der Waals surface area contributed by atoms with Gasteiger partial charge in [-0.15, -0.1) is 0 Å². The van der Waals surface area contributed by atoms with Gasteiger partial charge in [-0.25, -0.2) is 0 Å². The van der Waals surface area contributed by atoms with E-state index in [4.69, 9.17) is 12.2 Å². The highest BCUT2D eigenvalue weighted by molar-refractivity contribution is 8.25. The number of hydrogen-bond donors (Lipinski definition) is 1. The molecular formula is C11H10N2O2S2. The number of hydrogen-bond acceptors (Lipinski definition) is 4. The van der Waals surface area contributed by atoms with Gasteiger partial charge in [0.05, 0.1) is 5.69 Å². The molecule has 1 unspecified atom stereocenters. The molecule has 0 saturated carbocycles. The Kier molecular flexibility index (Phi) is 3.44. The van der Waals surface area contributed by atoms with Gasteiger partial charge in [-0.05, 0) is 12.1 Å². The first-order chi connectivity index (χ1) is 8.09. The lowest BCUT2D eigenvalue weighted by molar-refractivity contribution is -0.123. The predicted octanol–water partition coefficient (Wildman–Crippen LogP) is 1.51. The van der Waals surface area contributed by atoms with Crippen LogP contribution >= 0.6 is 24.0 Å². The van der Waals surface area contributed by atoms with Crippen molar-refractivity contribution >= 4 is 45.8 Å². The van der Waals surface area contributed by atoms with Crippen LogP contribution in [0.25, 0.3) is 0 Å².